The Hall–Kier alpha value is -0.570. The maximum Gasteiger partial charge on any atom is 0.220 e. The molecule has 0 bridgehead atoms. The molecule has 64 valence electrons. The molecule has 1 aliphatic heterocycles. The van der Waals surface area contributed by atoms with E-state index >= 15 is 0 Å². The first-order valence-electron chi connectivity index (χ1n) is 3.81. The molecule has 0 aliphatic carbocycles. The summed E-state index contributed by atoms with van der Waals surface area (Å²) in [5.74, 6) is 0.128. The van der Waals surface area contributed by atoms with Crippen LogP contribution in [-0.2, 0) is 9.53 Å². The maximum atomic E-state index is 11.0. The van der Waals surface area contributed by atoms with Gasteiger partial charge >= 0.3 is 0 Å². The number of methoxy groups -OCH3 is 1. The first-order valence-corrected chi connectivity index (χ1v) is 3.81. The standard InChI is InChI=1S/C8H15NO2/c1-6(10)9-5-7(11-4)8(9,2)3/h7H,5H2,1-4H3. The van der Waals surface area contributed by atoms with Crippen LogP contribution in [0, 0.1) is 0 Å². The monoisotopic (exact) mass is 157 g/mol. The smallest absolute Gasteiger partial charge is 0.220 e. The number of hydrogen-bond acceptors (Lipinski definition) is 2. The highest BCUT2D eigenvalue weighted by atomic mass is 16.5. The van der Waals surface area contributed by atoms with Crippen molar-refractivity contribution in [2.75, 3.05) is 13.7 Å². The molecule has 0 radical (unpaired) electrons. The van der Waals surface area contributed by atoms with Gasteiger partial charge in [-0.25, -0.2) is 0 Å². The van der Waals surface area contributed by atoms with E-state index in [4.69, 9.17) is 4.74 Å². The summed E-state index contributed by atoms with van der Waals surface area (Å²) < 4.78 is 5.19. The van der Waals surface area contributed by atoms with Crippen LogP contribution in [0.2, 0.25) is 0 Å². The van der Waals surface area contributed by atoms with Crippen molar-refractivity contribution in [2.24, 2.45) is 0 Å². The largest absolute Gasteiger partial charge is 0.377 e. The summed E-state index contributed by atoms with van der Waals surface area (Å²) in [4.78, 5) is 12.8. The molecule has 11 heavy (non-hydrogen) atoms. The summed E-state index contributed by atoms with van der Waals surface area (Å²) in [5.41, 5.74) is -0.111. The minimum absolute atomic E-state index is 0.111. The van der Waals surface area contributed by atoms with Gasteiger partial charge in [0.15, 0.2) is 0 Å². The number of carbonyl (C=O) groups is 1. The Morgan fingerprint density at radius 1 is 1.64 bits per heavy atom. The normalized spacial score (nSPS) is 28.0. The van der Waals surface area contributed by atoms with E-state index < -0.39 is 0 Å². The third-order valence-electron chi connectivity index (χ3n) is 2.50. The molecule has 1 saturated heterocycles. The summed E-state index contributed by atoms with van der Waals surface area (Å²) in [6.07, 6.45) is 0.200. The van der Waals surface area contributed by atoms with Gasteiger partial charge in [-0.1, -0.05) is 0 Å². The van der Waals surface area contributed by atoms with Crippen LogP contribution in [0.4, 0.5) is 0 Å². The van der Waals surface area contributed by atoms with Crippen LogP contribution in [-0.4, -0.2) is 36.1 Å². The summed E-state index contributed by atoms with van der Waals surface area (Å²) in [5, 5.41) is 0. The number of amides is 1. The van der Waals surface area contributed by atoms with Gasteiger partial charge < -0.3 is 9.64 Å². The Morgan fingerprint density at radius 2 is 2.18 bits per heavy atom. The number of likely N-dealkylation sites (tertiary alicyclic amines) is 1. The highest BCUT2D eigenvalue weighted by Crippen LogP contribution is 2.31. The number of carbonyl (C=O) groups excluding carboxylic acids is 1. The molecular weight excluding hydrogens is 142 g/mol. The Kier molecular flexibility index (Phi) is 1.92. The van der Waals surface area contributed by atoms with Gasteiger partial charge in [0.05, 0.1) is 11.6 Å². The third kappa shape index (κ3) is 1.13. The zero-order valence-corrected chi connectivity index (χ0v) is 7.55. The Labute approximate surface area is 67.3 Å². The summed E-state index contributed by atoms with van der Waals surface area (Å²) >= 11 is 0. The Morgan fingerprint density at radius 3 is 2.45 bits per heavy atom. The molecule has 3 heteroatoms. The van der Waals surface area contributed by atoms with Gasteiger partial charge in [0.1, 0.15) is 0 Å². The topological polar surface area (TPSA) is 29.5 Å². The Bertz CT molecular complexity index is 177. The van der Waals surface area contributed by atoms with Crippen LogP contribution in [0.1, 0.15) is 20.8 Å². The molecule has 0 saturated carbocycles. The van der Waals surface area contributed by atoms with Gasteiger partial charge in [-0.2, -0.15) is 0 Å². The van der Waals surface area contributed by atoms with E-state index in [2.05, 4.69) is 0 Å². The molecule has 1 rings (SSSR count). The van der Waals surface area contributed by atoms with E-state index in [1.54, 1.807) is 14.0 Å². The molecule has 1 atom stereocenters. The molecule has 0 spiro atoms. The minimum atomic E-state index is -0.111. The van der Waals surface area contributed by atoms with Crippen molar-refractivity contribution >= 4 is 5.91 Å². The third-order valence-corrected chi connectivity index (χ3v) is 2.50. The molecule has 3 nitrogen and oxygen atoms in total. The first-order chi connectivity index (χ1) is 5.00. The molecular formula is C8H15NO2. The lowest BCUT2D eigenvalue weighted by Gasteiger charge is -2.53. The van der Waals surface area contributed by atoms with Gasteiger partial charge in [-0.15, -0.1) is 0 Å². The molecule has 0 N–H and O–H groups in total. The van der Waals surface area contributed by atoms with Crippen LogP contribution in [0.25, 0.3) is 0 Å². The Balaban J connectivity index is 2.61. The SMILES string of the molecule is COC1CN(C(C)=O)C1(C)C. The van der Waals surface area contributed by atoms with Crippen molar-refractivity contribution in [3.05, 3.63) is 0 Å². The van der Waals surface area contributed by atoms with Gasteiger partial charge in [0, 0.05) is 20.6 Å². The zero-order valence-electron chi connectivity index (χ0n) is 7.55. The number of ether oxygens (including phenoxy) is 1. The highest BCUT2D eigenvalue weighted by Gasteiger charge is 2.47. The van der Waals surface area contributed by atoms with E-state index in [1.807, 2.05) is 18.7 Å². The van der Waals surface area contributed by atoms with Crippen molar-refractivity contribution in [2.45, 2.75) is 32.4 Å². The second-order valence-electron chi connectivity index (χ2n) is 3.51. The summed E-state index contributed by atoms with van der Waals surface area (Å²) in [7, 11) is 1.68. The van der Waals surface area contributed by atoms with Crippen molar-refractivity contribution < 1.29 is 9.53 Å². The van der Waals surface area contributed by atoms with Crippen LogP contribution in [0.5, 0.6) is 0 Å². The van der Waals surface area contributed by atoms with Crippen molar-refractivity contribution in [1.82, 2.24) is 4.90 Å². The van der Waals surface area contributed by atoms with Gasteiger partial charge in [0.2, 0.25) is 5.91 Å². The molecule has 0 aromatic heterocycles. The summed E-state index contributed by atoms with van der Waals surface area (Å²) in [6.45, 7) is 6.37. The van der Waals surface area contributed by atoms with E-state index in [1.165, 1.54) is 0 Å². The number of nitrogens with zero attached hydrogens (tertiary/aromatic N) is 1. The second kappa shape index (κ2) is 2.48. The predicted molar refractivity (Wildman–Crippen MR) is 42.3 cm³/mol. The van der Waals surface area contributed by atoms with Crippen molar-refractivity contribution in [3.63, 3.8) is 0 Å². The van der Waals surface area contributed by atoms with Crippen LogP contribution in [0.15, 0.2) is 0 Å². The average Bonchev–Trinajstić information content (AvgIpc) is 1.85. The van der Waals surface area contributed by atoms with Gasteiger partial charge in [0.25, 0.3) is 0 Å². The highest BCUT2D eigenvalue weighted by molar-refractivity contribution is 5.75. The average molecular weight is 157 g/mol. The van der Waals surface area contributed by atoms with E-state index in [0.29, 0.717) is 0 Å². The molecule has 1 fully saturated rings. The zero-order chi connectivity index (χ0) is 8.65. The first kappa shape index (κ1) is 8.53. The fourth-order valence-corrected chi connectivity index (χ4v) is 1.58. The minimum Gasteiger partial charge on any atom is -0.377 e. The van der Waals surface area contributed by atoms with Gasteiger partial charge in [-0.05, 0) is 13.8 Å². The van der Waals surface area contributed by atoms with Crippen molar-refractivity contribution in [3.8, 4) is 0 Å². The lowest BCUT2D eigenvalue weighted by atomic mass is 9.85. The van der Waals surface area contributed by atoms with Crippen LogP contribution >= 0.6 is 0 Å². The number of hydrogen-bond donors (Lipinski definition) is 0. The number of rotatable bonds is 1. The van der Waals surface area contributed by atoms with E-state index in [0.717, 1.165) is 6.54 Å². The van der Waals surface area contributed by atoms with Gasteiger partial charge in [-0.3, -0.25) is 4.79 Å². The fourth-order valence-electron chi connectivity index (χ4n) is 1.58. The lowest BCUT2D eigenvalue weighted by Crippen LogP contribution is -2.69. The molecule has 0 aromatic carbocycles. The quantitative estimate of drug-likeness (QED) is 0.559. The molecule has 1 unspecified atom stereocenters. The lowest BCUT2D eigenvalue weighted by molar-refractivity contribution is -0.168. The molecule has 1 aliphatic rings. The fraction of sp³-hybridized carbons (Fsp3) is 0.875. The predicted octanol–water partition coefficient (Wildman–Crippen LogP) is 0.642. The second-order valence-corrected chi connectivity index (χ2v) is 3.51. The molecule has 1 heterocycles. The molecule has 0 aromatic rings. The van der Waals surface area contributed by atoms with E-state index in [9.17, 15) is 4.79 Å². The van der Waals surface area contributed by atoms with E-state index in [-0.39, 0.29) is 17.6 Å². The summed E-state index contributed by atoms with van der Waals surface area (Å²) in [6, 6.07) is 0. The maximum absolute atomic E-state index is 11.0. The molecule has 1 amide bonds. The van der Waals surface area contributed by atoms with Crippen LogP contribution < -0.4 is 0 Å². The van der Waals surface area contributed by atoms with Crippen LogP contribution in [0.3, 0.4) is 0 Å². The van der Waals surface area contributed by atoms with Crippen molar-refractivity contribution in [1.29, 1.82) is 0 Å².